The Kier molecular flexibility index (Phi) is 5.30. The van der Waals surface area contributed by atoms with Gasteiger partial charge in [0.1, 0.15) is 0 Å². The highest BCUT2D eigenvalue weighted by Gasteiger charge is 2.28. The lowest BCUT2D eigenvalue weighted by Crippen LogP contribution is -2.53. The number of nitrogens with one attached hydrogen (secondary N) is 1. The lowest BCUT2D eigenvalue weighted by Gasteiger charge is -2.34. The number of carbonyl (C=O) groups excluding carboxylic acids is 1. The molecule has 1 unspecified atom stereocenters. The van der Waals surface area contributed by atoms with Gasteiger partial charge in [-0.25, -0.2) is 4.79 Å². The van der Waals surface area contributed by atoms with E-state index in [0.717, 1.165) is 0 Å². The van der Waals surface area contributed by atoms with E-state index in [1.54, 1.807) is 0 Å². The normalized spacial score (nSPS) is 19.5. The fourth-order valence-electron chi connectivity index (χ4n) is 1.64. The van der Waals surface area contributed by atoms with Crippen molar-refractivity contribution in [3.63, 3.8) is 0 Å². The average Bonchev–Trinajstić information content (AvgIpc) is 2.29. The second-order valence-electron chi connectivity index (χ2n) is 3.71. The number of nitrogens with zero attached hydrogens (tertiary/aromatic N) is 1. The number of carboxylic acid groups (broad SMARTS) is 1. The van der Waals surface area contributed by atoms with Crippen molar-refractivity contribution in [2.24, 2.45) is 0 Å². The molecule has 1 saturated heterocycles. The van der Waals surface area contributed by atoms with Crippen molar-refractivity contribution in [3.05, 3.63) is 0 Å². The van der Waals surface area contributed by atoms with Crippen molar-refractivity contribution in [1.29, 1.82) is 0 Å². The number of ether oxygens (including phenoxy) is 1. The highest BCUT2D eigenvalue weighted by atomic mass is 16.5. The monoisotopic (exact) mass is 240 g/mol. The van der Waals surface area contributed by atoms with Gasteiger partial charge in [-0.05, 0) is 0 Å². The fraction of sp³-hybridized carbons (Fsp3) is 0.636. The van der Waals surface area contributed by atoms with E-state index in [4.69, 9.17) is 16.3 Å². The first kappa shape index (κ1) is 13.3. The number of carbonyl (C=O) groups is 2. The number of carboxylic acids is 1. The zero-order valence-corrected chi connectivity index (χ0v) is 9.52. The molecule has 6 heteroatoms. The molecule has 1 rings (SSSR count). The number of morpholine rings is 1. The van der Waals surface area contributed by atoms with Crippen molar-refractivity contribution >= 4 is 12.0 Å². The van der Waals surface area contributed by atoms with Crippen LogP contribution >= 0.6 is 0 Å². The molecule has 0 aromatic rings. The second kappa shape index (κ2) is 6.76. The van der Waals surface area contributed by atoms with Crippen molar-refractivity contribution in [2.45, 2.75) is 18.9 Å². The molecule has 1 heterocycles. The van der Waals surface area contributed by atoms with Crippen LogP contribution in [0.1, 0.15) is 12.8 Å². The molecule has 0 aliphatic carbocycles. The molecule has 1 aliphatic heterocycles. The van der Waals surface area contributed by atoms with E-state index in [1.165, 1.54) is 4.90 Å². The molecule has 1 atom stereocenters. The largest absolute Gasteiger partial charge is 0.481 e. The van der Waals surface area contributed by atoms with Crippen molar-refractivity contribution in [2.75, 3.05) is 26.3 Å². The van der Waals surface area contributed by atoms with Gasteiger partial charge in [-0.2, -0.15) is 0 Å². The molecule has 2 N–H and O–H groups in total. The molecule has 0 aromatic carbocycles. The maximum absolute atomic E-state index is 11.8. The Balaban J connectivity index is 2.49. The minimum atomic E-state index is -0.943. The van der Waals surface area contributed by atoms with Crippen molar-refractivity contribution in [3.8, 4) is 12.3 Å². The first-order chi connectivity index (χ1) is 8.15. The summed E-state index contributed by atoms with van der Waals surface area (Å²) in [7, 11) is 0. The van der Waals surface area contributed by atoms with Crippen LogP contribution in [0, 0.1) is 12.3 Å². The van der Waals surface area contributed by atoms with E-state index in [9.17, 15) is 9.59 Å². The van der Waals surface area contributed by atoms with Gasteiger partial charge in [-0.1, -0.05) is 0 Å². The first-order valence-electron chi connectivity index (χ1n) is 5.42. The summed E-state index contributed by atoms with van der Waals surface area (Å²) in [5.74, 6) is 1.47. The van der Waals surface area contributed by atoms with Crippen molar-refractivity contribution in [1.82, 2.24) is 10.2 Å². The summed E-state index contributed by atoms with van der Waals surface area (Å²) in [5.41, 5.74) is 0. The van der Waals surface area contributed by atoms with Gasteiger partial charge in [-0.3, -0.25) is 4.79 Å². The van der Waals surface area contributed by atoms with E-state index in [-0.39, 0.29) is 19.1 Å². The zero-order valence-electron chi connectivity index (χ0n) is 9.52. The maximum atomic E-state index is 11.8. The average molecular weight is 240 g/mol. The molecule has 2 amide bonds. The zero-order chi connectivity index (χ0) is 12.7. The third kappa shape index (κ3) is 4.33. The van der Waals surface area contributed by atoms with Gasteiger partial charge in [0.2, 0.25) is 0 Å². The number of hydrogen-bond donors (Lipinski definition) is 2. The molecule has 0 saturated carbocycles. The van der Waals surface area contributed by atoms with Crippen LogP contribution in [0.4, 0.5) is 4.79 Å². The van der Waals surface area contributed by atoms with Crippen LogP contribution in [0.25, 0.3) is 0 Å². The van der Waals surface area contributed by atoms with E-state index in [1.807, 2.05) is 0 Å². The van der Waals surface area contributed by atoms with Crippen LogP contribution in [0.3, 0.4) is 0 Å². The SMILES string of the molecule is C#CCCNC(=O)N1CCOCC1CC(=O)O. The summed E-state index contributed by atoms with van der Waals surface area (Å²) in [6.07, 6.45) is 5.42. The van der Waals surface area contributed by atoms with Gasteiger partial charge in [0.25, 0.3) is 0 Å². The third-order valence-corrected chi connectivity index (χ3v) is 2.44. The third-order valence-electron chi connectivity index (χ3n) is 2.44. The number of urea groups is 1. The van der Waals surface area contributed by atoms with Crippen LogP contribution < -0.4 is 5.32 Å². The Labute approximate surface area is 99.9 Å². The minimum Gasteiger partial charge on any atom is -0.481 e. The van der Waals surface area contributed by atoms with Gasteiger partial charge >= 0.3 is 12.0 Å². The summed E-state index contributed by atoms with van der Waals surface area (Å²) in [6.45, 7) is 1.49. The predicted molar refractivity (Wildman–Crippen MR) is 60.4 cm³/mol. The standard InChI is InChI=1S/C11H16N2O4/c1-2-3-4-12-11(16)13-5-6-17-8-9(13)7-10(14)15/h1,9H,3-8H2,(H,12,16)(H,14,15). The maximum Gasteiger partial charge on any atom is 0.317 e. The number of hydrogen-bond acceptors (Lipinski definition) is 3. The number of amides is 2. The second-order valence-corrected chi connectivity index (χ2v) is 3.71. The Bertz CT molecular complexity index is 324. The Morgan fingerprint density at radius 1 is 1.59 bits per heavy atom. The van der Waals surface area contributed by atoms with Gasteiger partial charge < -0.3 is 20.1 Å². The van der Waals surface area contributed by atoms with E-state index in [2.05, 4.69) is 11.2 Å². The molecule has 0 aromatic heterocycles. The van der Waals surface area contributed by atoms with Crippen LogP contribution in [0.15, 0.2) is 0 Å². The first-order valence-corrected chi connectivity index (χ1v) is 5.42. The highest BCUT2D eigenvalue weighted by molar-refractivity contribution is 5.76. The van der Waals surface area contributed by atoms with Gasteiger partial charge in [0.15, 0.2) is 0 Å². The lowest BCUT2D eigenvalue weighted by atomic mass is 10.1. The fourth-order valence-corrected chi connectivity index (χ4v) is 1.64. The summed E-state index contributed by atoms with van der Waals surface area (Å²) in [6, 6.07) is -0.693. The molecule has 6 nitrogen and oxygen atoms in total. The summed E-state index contributed by atoms with van der Waals surface area (Å²) >= 11 is 0. The van der Waals surface area contributed by atoms with E-state index < -0.39 is 12.0 Å². The Hall–Kier alpha value is -1.74. The van der Waals surface area contributed by atoms with Crippen molar-refractivity contribution < 1.29 is 19.4 Å². The lowest BCUT2D eigenvalue weighted by molar-refractivity contribution is -0.139. The summed E-state index contributed by atoms with van der Waals surface area (Å²) in [4.78, 5) is 23.9. The molecule has 0 bridgehead atoms. The van der Waals surface area contributed by atoms with Crippen LogP contribution in [-0.4, -0.2) is 54.4 Å². The molecule has 17 heavy (non-hydrogen) atoms. The molecule has 94 valence electrons. The van der Waals surface area contributed by atoms with Crippen LogP contribution in [0.2, 0.25) is 0 Å². The smallest absolute Gasteiger partial charge is 0.317 e. The van der Waals surface area contributed by atoms with Gasteiger partial charge in [0, 0.05) is 19.5 Å². The van der Waals surface area contributed by atoms with Crippen LogP contribution in [-0.2, 0) is 9.53 Å². The number of terminal acetylenes is 1. The molecule has 1 fully saturated rings. The number of rotatable bonds is 4. The summed E-state index contributed by atoms with van der Waals surface area (Å²) < 4.78 is 5.17. The molecule has 0 spiro atoms. The molecule has 1 aliphatic rings. The minimum absolute atomic E-state index is 0.109. The molecule has 0 radical (unpaired) electrons. The topological polar surface area (TPSA) is 78.9 Å². The quantitative estimate of drug-likeness (QED) is 0.531. The molecular formula is C11H16N2O4. The van der Waals surface area contributed by atoms with Gasteiger partial charge in [-0.15, -0.1) is 12.3 Å². The Morgan fingerprint density at radius 2 is 2.35 bits per heavy atom. The predicted octanol–water partition coefficient (Wildman–Crippen LogP) is -0.105. The van der Waals surface area contributed by atoms with Gasteiger partial charge in [0.05, 0.1) is 25.7 Å². The Morgan fingerprint density at radius 3 is 3.00 bits per heavy atom. The van der Waals surface area contributed by atoms with Crippen LogP contribution in [0.5, 0.6) is 0 Å². The van der Waals surface area contributed by atoms with E-state index >= 15 is 0 Å². The highest BCUT2D eigenvalue weighted by Crippen LogP contribution is 2.10. The number of aliphatic carboxylic acids is 1. The van der Waals surface area contributed by atoms with E-state index in [0.29, 0.717) is 26.1 Å². The molecular weight excluding hydrogens is 224 g/mol. The summed E-state index contributed by atoms with van der Waals surface area (Å²) in [5, 5.41) is 11.4.